The van der Waals surface area contributed by atoms with E-state index in [2.05, 4.69) is 0 Å². The van der Waals surface area contributed by atoms with Crippen molar-refractivity contribution >= 4 is 55.5 Å². The number of hydrogen-bond acceptors (Lipinski definition) is 5. The van der Waals surface area contributed by atoms with Crippen molar-refractivity contribution in [2.45, 2.75) is 25.9 Å². The molecule has 3 heterocycles. The zero-order chi connectivity index (χ0) is 17.4. The Bertz CT molecular complexity index is 862. The standard InChI is InChI=1S/C18H17ClN2O2S2/c1-11-6-7-13(19)16-15(11)20-18(25-16)21(10-12-4-2-8-23-12)17(22)14-5-3-9-24-14/h3,5-7,9,12H,2,4,8,10H2,1H3. The van der Waals surface area contributed by atoms with Gasteiger partial charge in [-0.1, -0.05) is 35.1 Å². The average molecular weight is 393 g/mol. The molecule has 0 N–H and O–H groups in total. The number of aryl methyl sites for hydroxylation is 1. The van der Waals surface area contributed by atoms with Gasteiger partial charge in [-0.3, -0.25) is 9.69 Å². The third-order valence-corrected chi connectivity index (χ3v) is 6.70. The summed E-state index contributed by atoms with van der Waals surface area (Å²) >= 11 is 9.25. The third kappa shape index (κ3) is 3.31. The van der Waals surface area contributed by atoms with Crippen molar-refractivity contribution in [3.8, 4) is 0 Å². The van der Waals surface area contributed by atoms with Crippen molar-refractivity contribution in [3.05, 3.63) is 45.1 Å². The van der Waals surface area contributed by atoms with Crippen LogP contribution in [0.4, 0.5) is 5.13 Å². The molecule has 4 rings (SSSR count). The topological polar surface area (TPSA) is 42.4 Å². The normalized spacial score (nSPS) is 17.3. The summed E-state index contributed by atoms with van der Waals surface area (Å²) in [6.07, 6.45) is 2.07. The van der Waals surface area contributed by atoms with Gasteiger partial charge >= 0.3 is 0 Å². The maximum atomic E-state index is 13.1. The highest BCUT2D eigenvalue weighted by atomic mass is 35.5. The molecule has 4 nitrogen and oxygen atoms in total. The van der Waals surface area contributed by atoms with Crippen molar-refractivity contribution in [1.82, 2.24) is 4.98 Å². The molecule has 0 aliphatic carbocycles. The predicted octanol–water partition coefficient (Wildman–Crippen LogP) is 5.15. The maximum Gasteiger partial charge on any atom is 0.270 e. The van der Waals surface area contributed by atoms with E-state index in [9.17, 15) is 4.79 Å². The van der Waals surface area contributed by atoms with Crippen LogP contribution < -0.4 is 4.90 Å². The van der Waals surface area contributed by atoms with Crippen LogP contribution >= 0.6 is 34.3 Å². The van der Waals surface area contributed by atoms with Gasteiger partial charge in [0.15, 0.2) is 5.13 Å². The van der Waals surface area contributed by atoms with E-state index < -0.39 is 0 Å². The third-order valence-electron chi connectivity index (χ3n) is 4.30. The summed E-state index contributed by atoms with van der Waals surface area (Å²) in [5, 5.41) is 3.27. The summed E-state index contributed by atoms with van der Waals surface area (Å²) in [5.74, 6) is -0.0293. The van der Waals surface area contributed by atoms with Crippen LogP contribution in [0.25, 0.3) is 10.2 Å². The second kappa shape index (κ2) is 7.03. The van der Waals surface area contributed by atoms with Crippen LogP contribution in [0, 0.1) is 6.92 Å². The first-order valence-corrected chi connectivity index (χ1v) is 10.2. The Morgan fingerprint density at radius 2 is 2.32 bits per heavy atom. The van der Waals surface area contributed by atoms with Gasteiger partial charge in [0.05, 0.1) is 32.8 Å². The Kier molecular flexibility index (Phi) is 4.78. The number of thiophene rings is 1. The fourth-order valence-electron chi connectivity index (χ4n) is 2.98. The van der Waals surface area contributed by atoms with Crippen LogP contribution in [-0.4, -0.2) is 30.1 Å². The minimum atomic E-state index is -0.0293. The van der Waals surface area contributed by atoms with E-state index in [1.807, 2.05) is 36.6 Å². The number of carbonyl (C=O) groups excluding carboxylic acids is 1. The molecule has 1 aliphatic heterocycles. The highest BCUT2D eigenvalue weighted by Gasteiger charge is 2.28. The van der Waals surface area contributed by atoms with Gasteiger partial charge in [-0.2, -0.15) is 0 Å². The smallest absolute Gasteiger partial charge is 0.270 e. The van der Waals surface area contributed by atoms with E-state index in [1.54, 1.807) is 4.90 Å². The molecule has 1 aromatic carbocycles. The van der Waals surface area contributed by atoms with E-state index in [-0.39, 0.29) is 12.0 Å². The second-order valence-electron chi connectivity index (χ2n) is 6.07. The molecule has 1 unspecified atom stereocenters. The molecule has 25 heavy (non-hydrogen) atoms. The van der Waals surface area contributed by atoms with Crippen LogP contribution in [0.3, 0.4) is 0 Å². The lowest BCUT2D eigenvalue weighted by atomic mass is 10.2. The molecule has 1 aliphatic rings. The number of thiazole rings is 1. The van der Waals surface area contributed by atoms with Gasteiger partial charge < -0.3 is 4.74 Å². The quantitative estimate of drug-likeness (QED) is 0.616. The van der Waals surface area contributed by atoms with Crippen LogP contribution in [0.5, 0.6) is 0 Å². The fraction of sp³-hybridized carbons (Fsp3) is 0.333. The van der Waals surface area contributed by atoms with Crippen molar-refractivity contribution in [2.75, 3.05) is 18.1 Å². The molecular formula is C18H17ClN2O2S2. The molecule has 2 aromatic heterocycles. The van der Waals surface area contributed by atoms with Crippen molar-refractivity contribution in [2.24, 2.45) is 0 Å². The Labute approximate surface area is 159 Å². The summed E-state index contributed by atoms with van der Waals surface area (Å²) in [4.78, 5) is 20.3. The van der Waals surface area contributed by atoms with Gasteiger partial charge in [0, 0.05) is 6.61 Å². The molecule has 3 aromatic rings. The number of rotatable bonds is 4. The van der Waals surface area contributed by atoms with E-state index in [0.717, 1.165) is 35.2 Å². The Balaban J connectivity index is 1.75. The monoisotopic (exact) mass is 392 g/mol. The summed E-state index contributed by atoms with van der Waals surface area (Å²) in [5.41, 5.74) is 1.92. The Hall–Kier alpha value is -1.47. The maximum absolute atomic E-state index is 13.1. The van der Waals surface area contributed by atoms with Crippen LogP contribution in [0.15, 0.2) is 29.6 Å². The fourth-order valence-corrected chi connectivity index (χ4v) is 4.98. The highest BCUT2D eigenvalue weighted by molar-refractivity contribution is 7.23. The number of carbonyl (C=O) groups is 1. The first-order valence-electron chi connectivity index (χ1n) is 8.16. The zero-order valence-corrected chi connectivity index (χ0v) is 16.1. The van der Waals surface area contributed by atoms with Crippen LogP contribution in [0.1, 0.15) is 28.1 Å². The Morgan fingerprint density at radius 1 is 1.44 bits per heavy atom. The lowest BCUT2D eigenvalue weighted by Crippen LogP contribution is -2.37. The molecule has 1 amide bonds. The van der Waals surface area contributed by atoms with Crippen LogP contribution in [-0.2, 0) is 4.74 Å². The number of nitrogens with zero attached hydrogens (tertiary/aromatic N) is 2. The van der Waals surface area contributed by atoms with Gasteiger partial charge in [-0.05, 0) is 42.8 Å². The lowest BCUT2D eigenvalue weighted by Gasteiger charge is -2.22. The van der Waals surface area contributed by atoms with E-state index >= 15 is 0 Å². The van der Waals surface area contributed by atoms with Gasteiger partial charge in [0.1, 0.15) is 0 Å². The second-order valence-corrected chi connectivity index (χ2v) is 8.40. The number of aromatic nitrogens is 1. The summed E-state index contributed by atoms with van der Waals surface area (Å²) in [6.45, 7) is 3.29. The molecule has 1 fully saturated rings. The van der Waals surface area contributed by atoms with Crippen molar-refractivity contribution in [3.63, 3.8) is 0 Å². The molecule has 7 heteroatoms. The minimum absolute atomic E-state index is 0.0293. The number of ether oxygens (including phenoxy) is 1. The van der Waals surface area contributed by atoms with Gasteiger partial charge in [0.25, 0.3) is 5.91 Å². The molecular weight excluding hydrogens is 376 g/mol. The van der Waals surface area contributed by atoms with Crippen molar-refractivity contribution < 1.29 is 9.53 Å². The first kappa shape index (κ1) is 17.0. The zero-order valence-electron chi connectivity index (χ0n) is 13.7. The van der Waals surface area contributed by atoms with E-state index in [0.29, 0.717) is 21.6 Å². The molecule has 1 atom stereocenters. The van der Waals surface area contributed by atoms with Gasteiger partial charge in [0.2, 0.25) is 0 Å². The number of hydrogen-bond donors (Lipinski definition) is 0. The van der Waals surface area contributed by atoms with Crippen molar-refractivity contribution in [1.29, 1.82) is 0 Å². The lowest BCUT2D eigenvalue weighted by molar-refractivity contribution is 0.0920. The van der Waals surface area contributed by atoms with Gasteiger partial charge in [-0.15, -0.1) is 11.3 Å². The SMILES string of the molecule is Cc1ccc(Cl)c2sc(N(CC3CCCO3)C(=O)c3cccs3)nc12. The van der Waals surface area contributed by atoms with E-state index in [1.165, 1.54) is 22.7 Å². The van der Waals surface area contributed by atoms with E-state index in [4.69, 9.17) is 21.3 Å². The first-order chi connectivity index (χ1) is 12.1. The highest BCUT2D eigenvalue weighted by Crippen LogP contribution is 2.36. The van der Waals surface area contributed by atoms with Gasteiger partial charge in [-0.25, -0.2) is 4.98 Å². The number of amides is 1. The van der Waals surface area contributed by atoms with Crippen LogP contribution in [0.2, 0.25) is 5.02 Å². The molecule has 0 spiro atoms. The number of benzene rings is 1. The summed E-state index contributed by atoms with van der Waals surface area (Å²) in [7, 11) is 0. The molecule has 1 saturated heterocycles. The molecule has 0 saturated carbocycles. The number of halogens is 1. The summed E-state index contributed by atoms with van der Waals surface area (Å²) < 4.78 is 6.68. The average Bonchev–Trinajstić information content (AvgIpc) is 3.36. The molecule has 0 bridgehead atoms. The molecule has 0 radical (unpaired) electrons. The number of anilines is 1. The number of fused-ring (bicyclic) bond motifs is 1. The predicted molar refractivity (Wildman–Crippen MR) is 104 cm³/mol. The Morgan fingerprint density at radius 3 is 3.00 bits per heavy atom. The minimum Gasteiger partial charge on any atom is -0.376 e. The molecule has 130 valence electrons. The largest absolute Gasteiger partial charge is 0.376 e. The summed E-state index contributed by atoms with van der Waals surface area (Å²) in [6, 6.07) is 7.58.